The van der Waals surface area contributed by atoms with Crippen molar-refractivity contribution >= 4 is 22.8 Å². The van der Waals surface area contributed by atoms with Gasteiger partial charge in [0, 0.05) is 17.9 Å². The van der Waals surface area contributed by atoms with Crippen LogP contribution in [-0.2, 0) is 11.0 Å². The number of anilines is 1. The van der Waals surface area contributed by atoms with Crippen molar-refractivity contribution in [2.24, 2.45) is 0 Å². The van der Waals surface area contributed by atoms with Crippen LogP contribution in [-0.4, -0.2) is 25.7 Å². The molecule has 0 unspecified atom stereocenters. The zero-order valence-corrected chi connectivity index (χ0v) is 15.8. The second kappa shape index (κ2) is 6.45. The van der Waals surface area contributed by atoms with Crippen LogP contribution < -0.4 is 5.32 Å². The minimum Gasteiger partial charge on any atom is -0.322 e. The number of imidazole rings is 1. The van der Waals surface area contributed by atoms with Crippen LogP contribution in [0.3, 0.4) is 0 Å². The molecular weight excluding hydrogens is 395 g/mol. The van der Waals surface area contributed by atoms with Gasteiger partial charge in [-0.3, -0.25) is 4.79 Å². The van der Waals surface area contributed by atoms with Crippen molar-refractivity contribution in [2.45, 2.75) is 25.4 Å². The first-order chi connectivity index (χ1) is 14.3. The molecule has 30 heavy (non-hydrogen) atoms. The van der Waals surface area contributed by atoms with E-state index < -0.39 is 17.7 Å². The maximum absolute atomic E-state index is 12.9. The number of amides is 1. The number of alkyl halides is 3. The highest BCUT2D eigenvalue weighted by Gasteiger charge is 2.34. The monoisotopic (exact) mass is 411 g/mol. The first-order valence-corrected chi connectivity index (χ1v) is 9.33. The molecule has 3 heterocycles. The van der Waals surface area contributed by atoms with Gasteiger partial charge in [0.2, 0.25) is 11.9 Å². The third-order valence-corrected chi connectivity index (χ3v) is 5.32. The number of hydrogen-bond acceptors (Lipinski definition) is 3. The minimum absolute atomic E-state index is 0.130. The van der Waals surface area contributed by atoms with E-state index in [0.29, 0.717) is 23.0 Å². The fourth-order valence-corrected chi connectivity index (χ4v) is 3.93. The number of aromatic nitrogens is 4. The zero-order valence-electron chi connectivity index (χ0n) is 15.8. The number of rotatable bonds is 2. The van der Waals surface area contributed by atoms with E-state index in [-0.39, 0.29) is 12.3 Å². The molecule has 2 aromatic carbocycles. The lowest BCUT2D eigenvalue weighted by atomic mass is 9.85. The lowest BCUT2D eigenvalue weighted by molar-refractivity contribution is -0.137. The third kappa shape index (κ3) is 2.94. The van der Waals surface area contributed by atoms with Crippen LogP contribution in [0.1, 0.15) is 34.7 Å². The van der Waals surface area contributed by atoms with Crippen LogP contribution in [0, 0.1) is 6.92 Å². The molecule has 9 heteroatoms. The number of carbonyl (C=O) groups excluding carboxylic acids is 1. The predicted octanol–water partition coefficient (Wildman–Crippen LogP) is 4.55. The molecule has 1 amide bonds. The Bertz CT molecular complexity index is 1240. The highest BCUT2D eigenvalue weighted by Crippen LogP contribution is 2.41. The maximum Gasteiger partial charge on any atom is 0.416 e. The molecule has 0 aliphatic carbocycles. The van der Waals surface area contributed by atoms with Crippen molar-refractivity contribution in [3.05, 3.63) is 70.9 Å². The summed E-state index contributed by atoms with van der Waals surface area (Å²) in [5.74, 6) is 0.306. The minimum atomic E-state index is -4.41. The maximum atomic E-state index is 12.9. The summed E-state index contributed by atoms with van der Waals surface area (Å²) in [5.41, 5.74) is 2.95. The predicted molar refractivity (Wildman–Crippen MR) is 104 cm³/mol. The van der Waals surface area contributed by atoms with E-state index in [2.05, 4.69) is 20.4 Å². The standard InChI is InChI=1S/C21H16F3N5O/c1-11-18-14(12-6-8-13(9-7-12)21(22,23)24)10-17(30)27-19(18)29(28-11)20-25-15-4-2-3-5-16(15)26-20/h2-9,14H,10H2,1H3,(H,25,26)(H,27,30)/t14-/m0/s1. The van der Waals surface area contributed by atoms with Gasteiger partial charge in [0.1, 0.15) is 5.82 Å². The van der Waals surface area contributed by atoms with E-state index in [0.717, 1.165) is 28.7 Å². The van der Waals surface area contributed by atoms with Crippen LogP contribution >= 0.6 is 0 Å². The van der Waals surface area contributed by atoms with Gasteiger partial charge >= 0.3 is 6.18 Å². The first-order valence-electron chi connectivity index (χ1n) is 9.33. The molecule has 0 spiro atoms. The van der Waals surface area contributed by atoms with Crippen molar-refractivity contribution in [3.63, 3.8) is 0 Å². The van der Waals surface area contributed by atoms with Gasteiger partial charge in [-0.2, -0.15) is 23.0 Å². The van der Waals surface area contributed by atoms with Crippen molar-refractivity contribution in [1.82, 2.24) is 19.7 Å². The Kier molecular flexibility index (Phi) is 3.96. The van der Waals surface area contributed by atoms with Gasteiger partial charge in [-0.1, -0.05) is 24.3 Å². The van der Waals surface area contributed by atoms with E-state index in [9.17, 15) is 18.0 Å². The summed E-state index contributed by atoms with van der Waals surface area (Å²) in [6.45, 7) is 1.81. The summed E-state index contributed by atoms with van der Waals surface area (Å²) in [5, 5.41) is 7.40. The smallest absolute Gasteiger partial charge is 0.322 e. The van der Waals surface area contributed by atoms with Gasteiger partial charge in [-0.05, 0) is 36.8 Å². The SMILES string of the molecule is Cc1nn(-c2nc3ccccc3[nH]2)c2c1[C@H](c1ccc(C(F)(F)F)cc1)CC(=O)N2. The number of hydrogen-bond donors (Lipinski definition) is 2. The quantitative estimate of drug-likeness (QED) is 0.508. The molecule has 6 nitrogen and oxygen atoms in total. The number of carbonyl (C=O) groups is 1. The molecule has 0 fully saturated rings. The molecule has 0 saturated heterocycles. The van der Waals surface area contributed by atoms with Gasteiger partial charge in [-0.15, -0.1) is 0 Å². The average Bonchev–Trinajstić information content (AvgIpc) is 3.28. The Morgan fingerprint density at radius 3 is 2.53 bits per heavy atom. The van der Waals surface area contributed by atoms with Crippen LogP contribution in [0.5, 0.6) is 0 Å². The Hall–Kier alpha value is -3.62. The molecular formula is C21H16F3N5O. The van der Waals surface area contributed by atoms with E-state index in [1.54, 1.807) is 4.68 Å². The number of para-hydroxylation sites is 2. The highest BCUT2D eigenvalue weighted by atomic mass is 19.4. The van der Waals surface area contributed by atoms with Crippen molar-refractivity contribution in [2.75, 3.05) is 5.32 Å². The van der Waals surface area contributed by atoms with E-state index >= 15 is 0 Å². The van der Waals surface area contributed by atoms with Gasteiger partial charge in [0.15, 0.2) is 0 Å². The van der Waals surface area contributed by atoms with E-state index in [1.807, 2.05) is 31.2 Å². The number of halogens is 3. The van der Waals surface area contributed by atoms with E-state index in [4.69, 9.17) is 0 Å². The lowest BCUT2D eigenvalue weighted by Gasteiger charge is -2.24. The summed E-state index contributed by atoms with van der Waals surface area (Å²) >= 11 is 0. The third-order valence-electron chi connectivity index (χ3n) is 5.32. The number of H-pyrrole nitrogens is 1. The zero-order chi connectivity index (χ0) is 21.0. The summed E-state index contributed by atoms with van der Waals surface area (Å²) in [6.07, 6.45) is -4.28. The topological polar surface area (TPSA) is 75.6 Å². The van der Waals surface area contributed by atoms with E-state index in [1.165, 1.54) is 12.1 Å². The molecule has 0 bridgehead atoms. The molecule has 2 N–H and O–H groups in total. The molecule has 2 aromatic heterocycles. The number of benzene rings is 2. The van der Waals surface area contributed by atoms with Gasteiger partial charge in [-0.25, -0.2) is 4.98 Å². The summed E-state index contributed by atoms with van der Waals surface area (Å²) in [6, 6.07) is 12.4. The fraction of sp³-hybridized carbons (Fsp3) is 0.190. The number of aryl methyl sites for hydroxylation is 1. The molecule has 0 radical (unpaired) electrons. The Labute approximate surface area is 168 Å². The number of nitrogens with one attached hydrogen (secondary N) is 2. The summed E-state index contributed by atoms with van der Waals surface area (Å²) < 4.78 is 40.3. The number of aromatic amines is 1. The van der Waals surface area contributed by atoms with Crippen molar-refractivity contribution in [3.8, 4) is 5.95 Å². The summed E-state index contributed by atoms with van der Waals surface area (Å²) in [4.78, 5) is 20.2. The van der Waals surface area contributed by atoms with Crippen LogP contribution in [0.15, 0.2) is 48.5 Å². The van der Waals surface area contributed by atoms with Crippen LogP contribution in [0.25, 0.3) is 17.0 Å². The average molecular weight is 411 g/mol. The Balaban J connectivity index is 1.61. The van der Waals surface area contributed by atoms with Crippen LogP contribution in [0.4, 0.5) is 19.0 Å². The molecule has 1 aliphatic rings. The van der Waals surface area contributed by atoms with Crippen LogP contribution in [0.2, 0.25) is 0 Å². The Morgan fingerprint density at radius 1 is 1.10 bits per heavy atom. The number of fused-ring (bicyclic) bond motifs is 2. The second-order valence-electron chi connectivity index (χ2n) is 7.26. The molecule has 152 valence electrons. The lowest BCUT2D eigenvalue weighted by Crippen LogP contribution is -2.25. The largest absolute Gasteiger partial charge is 0.416 e. The normalized spacial score (nSPS) is 16.5. The highest BCUT2D eigenvalue weighted by molar-refractivity contribution is 5.95. The first kappa shape index (κ1) is 18.4. The van der Waals surface area contributed by atoms with Gasteiger partial charge in [0.05, 0.1) is 22.3 Å². The molecule has 1 atom stereocenters. The molecule has 1 aliphatic heterocycles. The number of nitrogens with zero attached hydrogens (tertiary/aromatic N) is 3. The molecule has 0 saturated carbocycles. The molecule has 4 aromatic rings. The van der Waals surface area contributed by atoms with Gasteiger partial charge in [0.25, 0.3) is 0 Å². The van der Waals surface area contributed by atoms with Crippen molar-refractivity contribution in [1.29, 1.82) is 0 Å². The summed E-state index contributed by atoms with van der Waals surface area (Å²) in [7, 11) is 0. The fourth-order valence-electron chi connectivity index (χ4n) is 3.93. The molecule has 5 rings (SSSR count). The van der Waals surface area contributed by atoms with Crippen molar-refractivity contribution < 1.29 is 18.0 Å². The second-order valence-corrected chi connectivity index (χ2v) is 7.26. The van der Waals surface area contributed by atoms with Gasteiger partial charge < -0.3 is 10.3 Å². The Morgan fingerprint density at radius 2 is 1.83 bits per heavy atom.